The molecule has 6 nitrogen and oxygen atoms in total. The topological polar surface area (TPSA) is 93.5 Å². The highest BCUT2D eigenvalue weighted by molar-refractivity contribution is 7.10. The third-order valence-electron chi connectivity index (χ3n) is 5.22. The molecule has 0 aliphatic rings. The molecule has 0 bridgehead atoms. The van der Waals surface area contributed by atoms with E-state index >= 15 is 0 Å². The zero-order chi connectivity index (χ0) is 21.8. The fraction of sp³-hybridized carbons (Fsp3) is 0.208. The highest BCUT2D eigenvalue weighted by atomic mass is 32.1. The maximum absolute atomic E-state index is 10.8. The third kappa shape index (κ3) is 4.83. The summed E-state index contributed by atoms with van der Waals surface area (Å²) in [7, 11) is 0. The number of nitrogens with zero attached hydrogens (tertiary/aromatic N) is 2. The van der Waals surface area contributed by atoms with Crippen LogP contribution < -0.4 is 11.1 Å². The largest absolute Gasteiger partial charge is 0.464 e. The molecular formula is C24H24N4O2S. The molecule has 0 spiro atoms. The minimum atomic E-state index is -0.191. The molecular weight excluding hydrogens is 408 g/mol. The van der Waals surface area contributed by atoms with Crippen molar-refractivity contribution in [1.82, 2.24) is 10.3 Å². The molecule has 4 rings (SSSR count). The van der Waals surface area contributed by atoms with Crippen LogP contribution in [0.25, 0.3) is 22.1 Å². The van der Waals surface area contributed by atoms with Crippen molar-refractivity contribution in [2.45, 2.75) is 26.3 Å². The molecule has 3 heterocycles. The third-order valence-corrected chi connectivity index (χ3v) is 6.22. The zero-order valence-corrected chi connectivity index (χ0v) is 18.2. The molecule has 1 aromatic carbocycles. The van der Waals surface area contributed by atoms with E-state index in [0.717, 1.165) is 39.0 Å². The van der Waals surface area contributed by atoms with Crippen LogP contribution in [-0.4, -0.2) is 17.4 Å². The zero-order valence-electron chi connectivity index (χ0n) is 17.4. The minimum Gasteiger partial charge on any atom is -0.464 e. The molecule has 7 heteroatoms. The standard InChI is InChI=1S/C24H24N4O2S/c1-15-7-19(12-26-11-15)20-10-22(31-13-20)23(28-24(25)27-14-29)16(2)8-17-3-4-21-18(9-17)5-6-30-21/h3-7,9-14,16,23H,8H2,1-2H3,(H3,25,27,28,29). The summed E-state index contributed by atoms with van der Waals surface area (Å²) in [5.41, 5.74) is 11.3. The lowest BCUT2D eigenvalue weighted by Gasteiger charge is -2.20. The van der Waals surface area contributed by atoms with Gasteiger partial charge in [-0.05, 0) is 71.7 Å². The molecule has 0 radical (unpaired) electrons. The molecule has 2 atom stereocenters. The first kappa shape index (κ1) is 20.8. The van der Waals surface area contributed by atoms with Gasteiger partial charge in [-0.1, -0.05) is 13.0 Å². The van der Waals surface area contributed by atoms with E-state index in [4.69, 9.17) is 10.2 Å². The lowest BCUT2D eigenvalue weighted by Crippen LogP contribution is -2.31. The van der Waals surface area contributed by atoms with E-state index in [-0.39, 0.29) is 17.9 Å². The van der Waals surface area contributed by atoms with Crippen LogP contribution in [0.4, 0.5) is 0 Å². The Morgan fingerprint density at radius 2 is 2.13 bits per heavy atom. The highest BCUT2D eigenvalue weighted by Crippen LogP contribution is 2.36. The highest BCUT2D eigenvalue weighted by Gasteiger charge is 2.22. The van der Waals surface area contributed by atoms with Gasteiger partial charge in [-0.25, -0.2) is 4.99 Å². The maximum Gasteiger partial charge on any atom is 0.213 e. The van der Waals surface area contributed by atoms with E-state index in [1.165, 1.54) is 5.56 Å². The van der Waals surface area contributed by atoms with Crippen LogP contribution in [0.2, 0.25) is 0 Å². The van der Waals surface area contributed by atoms with Crippen molar-refractivity contribution in [3.63, 3.8) is 0 Å². The van der Waals surface area contributed by atoms with Crippen molar-refractivity contribution in [1.29, 1.82) is 0 Å². The van der Waals surface area contributed by atoms with Gasteiger partial charge in [-0.2, -0.15) is 0 Å². The number of guanidine groups is 1. The number of rotatable bonds is 7. The summed E-state index contributed by atoms with van der Waals surface area (Å²) < 4.78 is 5.44. The SMILES string of the molecule is Cc1cncc(-c2csc(C(N=C(N)NC=O)C(C)Cc3ccc4occc4c3)c2)c1. The number of aromatic nitrogens is 1. The Morgan fingerprint density at radius 3 is 2.94 bits per heavy atom. The lowest BCUT2D eigenvalue weighted by atomic mass is 9.92. The van der Waals surface area contributed by atoms with Gasteiger partial charge in [0.15, 0.2) is 5.96 Å². The monoisotopic (exact) mass is 432 g/mol. The average Bonchev–Trinajstić information content (AvgIpc) is 3.41. The second-order valence-electron chi connectivity index (χ2n) is 7.68. The number of benzene rings is 1. The summed E-state index contributed by atoms with van der Waals surface area (Å²) in [5, 5.41) is 5.65. The van der Waals surface area contributed by atoms with Crippen molar-refractivity contribution in [2.24, 2.45) is 16.6 Å². The van der Waals surface area contributed by atoms with Crippen LogP contribution >= 0.6 is 11.3 Å². The van der Waals surface area contributed by atoms with Crippen LogP contribution in [0.15, 0.2) is 69.8 Å². The number of hydrogen-bond acceptors (Lipinski definition) is 5. The first-order valence-corrected chi connectivity index (χ1v) is 10.9. The number of thiophene rings is 1. The number of aliphatic imine (C=N–C) groups is 1. The fourth-order valence-corrected chi connectivity index (χ4v) is 4.80. The van der Waals surface area contributed by atoms with E-state index in [2.05, 4.69) is 51.9 Å². The first-order chi connectivity index (χ1) is 15.0. The molecule has 0 aliphatic heterocycles. The summed E-state index contributed by atoms with van der Waals surface area (Å²) in [6.07, 6.45) is 6.76. The number of nitrogens with two attached hydrogens (primary N) is 1. The Balaban J connectivity index is 1.63. The predicted octanol–water partition coefficient (Wildman–Crippen LogP) is 4.85. The summed E-state index contributed by atoms with van der Waals surface area (Å²) in [5.74, 6) is 0.266. The van der Waals surface area contributed by atoms with Crippen LogP contribution in [0, 0.1) is 12.8 Å². The number of aryl methyl sites for hydroxylation is 1. The summed E-state index contributed by atoms with van der Waals surface area (Å²) in [4.78, 5) is 20.9. The Morgan fingerprint density at radius 1 is 1.26 bits per heavy atom. The minimum absolute atomic E-state index is 0.115. The Kier molecular flexibility index (Phi) is 6.13. The van der Waals surface area contributed by atoms with E-state index in [1.807, 2.05) is 31.5 Å². The number of amides is 1. The molecule has 0 fully saturated rings. The van der Waals surface area contributed by atoms with E-state index < -0.39 is 0 Å². The number of pyridine rings is 1. The molecule has 31 heavy (non-hydrogen) atoms. The van der Waals surface area contributed by atoms with Gasteiger partial charge in [0.25, 0.3) is 0 Å². The van der Waals surface area contributed by atoms with Gasteiger partial charge in [0.1, 0.15) is 5.58 Å². The first-order valence-electron chi connectivity index (χ1n) is 10.0. The molecule has 158 valence electrons. The van der Waals surface area contributed by atoms with Crippen LogP contribution in [-0.2, 0) is 11.2 Å². The maximum atomic E-state index is 10.8. The number of nitrogens with one attached hydrogen (secondary N) is 1. The van der Waals surface area contributed by atoms with Gasteiger partial charge < -0.3 is 10.2 Å². The average molecular weight is 433 g/mol. The predicted molar refractivity (Wildman–Crippen MR) is 125 cm³/mol. The van der Waals surface area contributed by atoms with Gasteiger partial charge in [-0.3, -0.25) is 15.1 Å². The number of fused-ring (bicyclic) bond motifs is 1. The number of carbonyl (C=O) groups excluding carboxylic acids is 1. The summed E-state index contributed by atoms with van der Waals surface area (Å²) in [6, 6.07) is 12.2. The van der Waals surface area contributed by atoms with E-state index in [9.17, 15) is 4.79 Å². The quantitative estimate of drug-likeness (QED) is 0.248. The van der Waals surface area contributed by atoms with Gasteiger partial charge in [0.05, 0.1) is 12.3 Å². The van der Waals surface area contributed by atoms with Crippen LogP contribution in [0.5, 0.6) is 0 Å². The van der Waals surface area contributed by atoms with Crippen molar-refractivity contribution < 1.29 is 9.21 Å². The molecule has 3 aromatic heterocycles. The van der Waals surface area contributed by atoms with Crippen molar-refractivity contribution in [2.75, 3.05) is 0 Å². The van der Waals surface area contributed by atoms with Gasteiger partial charge in [-0.15, -0.1) is 11.3 Å². The van der Waals surface area contributed by atoms with Crippen molar-refractivity contribution >= 4 is 34.7 Å². The summed E-state index contributed by atoms with van der Waals surface area (Å²) in [6.45, 7) is 4.18. The molecule has 1 amide bonds. The molecule has 0 saturated carbocycles. The Hall–Kier alpha value is -3.45. The lowest BCUT2D eigenvalue weighted by molar-refractivity contribution is -0.108. The summed E-state index contributed by atoms with van der Waals surface area (Å²) >= 11 is 1.64. The smallest absolute Gasteiger partial charge is 0.213 e. The number of hydrogen-bond donors (Lipinski definition) is 2. The Bertz CT molecular complexity index is 1230. The molecule has 3 N–H and O–H groups in total. The number of furan rings is 1. The second-order valence-corrected chi connectivity index (χ2v) is 8.63. The van der Waals surface area contributed by atoms with Gasteiger partial charge in [0.2, 0.25) is 6.41 Å². The van der Waals surface area contributed by atoms with E-state index in [1.54, 1.807) is 17.6 Å². The van der Waals surface area contributed by atoms with Crippen molar-refractivity contribution in [3.8, 4) is 11.1 Å². The molecule has 0 saturated heterocycles. The molecule has 2 unspecified atom stereocenters. The molecule has 0 aliphatic carbocycles. The van der Waals surface area contributed by atoms with Gasteiger partial charge in [0, 0.05) is 28.2 Å². The van der Waals surface area contributed by atoms with Gasteiger partial charge >= 0.3 is 0 Å². The number of carbonyl (C=O) groups is 1. The fourth-order valence-electron chi connectivity index (χ4n) is 3.72. The van der Waals surface area contributed by atoms with E-state index in [0.29, 0.717) is 6.41 Å². The van der Waals surface area contributed by atoms with Crippen molar-refractivity contribution in [3.05, 3.63) is 76.4 Å². The second kappa shape index (κ2) is 9.14. The normalized spacial score (nSPS) is 13.8. The van der Waals surface area contributed by atoms with Crippen LogP contribution in [0.3, 0.4) is 0 Å². The molecule has 4 aromatic rings. The van der Waals surface area contributed by atoms with Crippen LogP contribution in [0.1, 0.15) is 29.0 Å². The Labute approximate surface area is 184 Å².